The minimum absolute atomic E-state index is 0.0453. The molecule has 8 heteroatoms. The lowest BCUT2D eigenvalue weighted by Crippen LogP contribution is -2.42. The first-order chi connectivity index (χ1) is 8.93. The van der Waals surface area contributed by atoms with E-state index in [1.165, 1.54) is 0 Å². The van der Waals surface area contributed by atoms with E-state index in [0.717, 1.165) is 0 Å². The van der Waals surface area contributed by atoms with Crippen LogP contribution in [-0.4, -0.2) is 42.4 Å². The van der Waals surface area contributed by atoms with Gasteiger partial charge in [-0.15, -0.1) is 0 Å². The third-order valence-corrected chi connectivity index (χ3v) is 4.01. The summed E-state index contributed by atoms with van der Waals surface area (Å²) in [6.45, 7) is 5.68. The lowest BCUT2D eigenvalue weighted by atomic mass is 9.94. The highest BCUT2D eigenvalue weighted by Crippen LogP contribution is 2.19. The number of nitrogens with one attached hydrogen (secondary N) is 1. The van der Waals surface area contributed by atoms with Gasteiger partial charge in [-0.2, -0.15) is 0 Å². The average Bonchev–Trinajstić information content (AvgIpc) is 2.23. The van der Waals surface area contributed by atoms with E-state index < -0.39 is 28.0 Å². The molecule has 0 aromatic rings. The van der Waals surface area contributed by atoms with Crippen LogP contribution in [0.2, 0.25) is 0 Å². The monoisotopic (exact) mass is 309 g/mol. The molecule has 0 aromatic carbocycles. The summed E-state index contributed by atoms with van der Waals surface area (Å²) in [4.78, 5) is 21.3. The van der Waals surface area contributed by atoms with Crippen molar-refractivity contribution in [1.82, 2.24) is 4.72 Å². The van der Waals surface area contributed by atoms with E-state index in [1.54, 1.807) is 0 Å². The van der Waals surface area contributed by atoms with Crippen molar-refractivity contribution in [3.8, 4) is 0 Å². The predicted octanol–water partition coefficient (Wildman–Crippen LogP) is 1.05. The smallest absolute Gasteiger partial charge is 0.321 e. The van der Waals surface area contributed by atoms with Crippen molar-refractivity contribution in [2.24, 2.45) is 5.41 Å². The number of rotatable bonds is 9. The van der Waals surface area contributed by atoms with Crippen LogP contribution < -0.4 is 4.72 Å². The van der Waals surface area contributed by atoms with Crippen molar-refractivity contribution in [1.29, 1.82) is 0 Å². The molecular formula is C12H23NO6S. The fourth-order valence-electron chi connectivity index (χ4n) is 1.41. The topological polar surface area (TPSA) is 121 Å². The maximum atomic E-state index is 11.8. The molecular weight excluding hydrogens is 286 g/mol. The van der Waals surface area contributed by atoms with Crippen molar-refractivity contribution >= 4 is 22.0 Å². The molecule has 0 spiro atoms. The quantitative estimate of drug-likeness (QED) is 0.585. The first-order valence-corrected chi connectivity index (χ1v) is 8.03. The second kappa shape index (κ2) is 7.58. The van der Waals surface area contributed by atoms with Crippen molar-refractivity contribution in [3.05, 3.63) is 0 Å². The molecule has 0 rings (SSSR count). The molecule has 0 aromatic heterocycles. The second-order valence-corrected chi connectivity index (χ2v) is 7.80. The third kappa shape index (κ3) is 9.74. The maximum absolute atomic E-state index is 11.8. The highest BCUT2D eigenvalue weighted by Gasteiger charge is 2.25. The fourth-order valence-corrected chi connectivity index (χ4v) is 3.06. The Morgan fingerprint density at radius 1 is 1.20 bits per heavy atom. The molecule has 0 amide bonds. The molecule has 1 atom stereocenters. The zero-order chi connectivity index (χ0) is 16.0. The van der Waals surface area contributed by atoms with Gasteiger partial charge in [0.05, 0.1) is 5.75 Å². The molecule has 0 fully saturated rings. The van der Waals surface area contributed by atoms with Gasteiger partial charge in [0, 0.05) is 6.42 Å². The summed E-state index contributed by atoms with van der Waals surface area (Å²) >= 11 is 0. The Balaban J connectivity index is 4.50. The number of carbonyl (C=O) groups is 2. The third-order valence-electron chi connectivity index (χ3n) is 2.62. The Morgan fingerprint density at radius 2 is 1.75 bits per heavy atom. The van der Waals surface area contributed by atoms with Crippen LogP contribution in [0.15, 0.2) is 0 Å². The summed E-state index contributed by atoms with van der Waals surface area (Å²) in [5.74, 6) is -2.49. The normalized spacial score (nSPS) is 13.9. The zero-order valence-electron chi connectivity index (χ0n) is 12.0. The minimum atomic E-state index is -3.69. The molecule has 20 heavy (non-hydrogen) atoms. The van der Waals surface area contributed by atoms with Gasteiger partial charge in [0.25, 0.3) is 0 Å². The van der Waals surface area contributed by atoms with Gasteiger partial charge in [0.2, 0.25) is 10.0 Å². The Bertz CT molecular complexity index is 437. The number of hydrogen-bond acceptors (Lipinski definition) is 4. The van der Waals surface area contributed by atoms with Crippen LogP contribution >= 0.6 is 0 Å². The zero-order valence-corrected chi connectivity index (χ0v) is 12.9. The van der Waals surface area contributed by atoms with E-state index in [1.807, 2.05) is 20.8 Å². The van der Waals surface area contributed by atoms with Crippen LogP contribution in [0.3, 0.4) is 0 Å². The lowest BCUT2D eigenvalue weighted by Gasteiger charge is -2.19. The Kier molecular flexibility index (Phi) is 7.15. The van der Waals surface area contributed by atoms with E-state index in [-0.39, 0.29) is 30.4 Å². The summed E-state index contributed by atoms with van der Waals surface area (Å²) in [7, 11) is -3.69. The summed E-state index contributed by atoms with van der Waals surface area (Å²) < 4.78 is 25.7. The summed E-state index contributed by atoms with van der Waals surface area (Å²) in [6, 6.07) is -1.28. The summed E-state index contributed by atoms with van der Waals surface area (Å²) in [6.07, 6.45) is 0.280. The molecule has 0 aliphatic heterocycles. The highest BCUT2D eigenvalue weighted by molar-refractivity contribution is 7.89. The van der Waals surface area contributed by atoms with Gasteiger partial charge >= 0.3 is 11.9 Å². The first-order valence-electron chi connectivity index (χ1n) is 6.37. The average molecular weight is 309 g/mol. The van der Waals surface area contributed by atoms with Crippen LogP contribution in [0.25, 0.3) is 0 Å². The van der Waals surface area contributed by atoms with E-state index in [4.69, 9.17) is 10.2 Å². The second-order valence-electron chi connectivity index (χ2n) is 5.92. The summed E-state index contributed by atoms with van der Waals surface area (Å²) in [5, 5.41) is 17.4. The SMILES string of the molecule is CC(C)(C)CCS(=O)(=O)N[C@H](CCCC(=O)O)C(=O)O. The molecule has 0 unspecified atom stereocenters. The Labute approximate surface area is 119 Å². The molecule has 0 saturated carbocycles. The van der Waals surface area contributed by atoms with Gasteiger partial charge in [-0.1, -0.05) is 20.8 Å². The number of sulfonamides is 1. The first kappa shape index (κ1) is 18.9. The van der Waals surface area contributed by atoms with Crippen LogP contribution in [0, 0.1) is 5.41 Å². The Hall–Kier alpha value is -1.15. The maximum Gasteiger partial charge on any atom is 0.321 e. The van der Waals surface area contributed by atoms with E-state index >= 15 is 0 Å². The molecule has 3 N–H and O–H groups in total. The van der Waals surface area contributed by atoms with Crippen molar-refractivity contribution in [3.63, 3.8) is 0 Å². The largest absolute Gasteiger partial charge is 0.481 e. The van der Waals surface area contributed by atoms with Gasteiger partial charge in [0.15, 0.2) is 0 Å². The molecule has 0 radical (unpaired) electrons. The van der Waals surface area contributed by atoms with Crippen LogP contribution in [-0.2, 0) is 19.6 Å². The minimum Gasteiger partial charge on any atom is -0.481 e. The van der Waals surface area contributed by atoms with Crippen LogP contribution in [0.1, 0.15) is 46.5 Å². The number of aliphatic carboxylic acids is 2. The number of hydrogen-bond donors (Lipinski definition) is 3. The van der Waals surface area contributed by atoms with Gasteiger partial charge in [-0.05, 0) is 24.7 Å². The predicted molar refractivity (Wildman–Crippen MR) is 73.9 cm³/mol. The highest BCUT2D eigenvalue weighted by atomic mass is 32.2. The van der Waals surface area contributed by atoms with Crippen molar-refractivity contribution < 1.29 is 28.2 Å². The molecule has 118 valence electrons. The molecule has 0 bridgehead atoms. The van der Waals surface area contributed by atoms with E-state index in [9.17, 15) is 18.0 Å². The van der Waals surface area contributed by atoms with Gasteiger partial charge in [-0.25, -0.2) is 13.1 Å². The molecule has 7 nitrogen and oxygen atoms in total. The van der Waals surface area contributed by atoms with Crippen LogP contribution in [0.4, 0.5) is 0 Å². The van der Waals surface area contributed by atoms with Gasteiger partial charge in [0.1, 0.15) is 6.04 Å². The molecule has 0 saturated heterocycles. The van der Waals surface area contributed by atoms with Gasteiger partial charge in [-0.3, -0.25) is 9.59 Å². The number of carboxylic acid groups (broad SMARTS) is 2. The Morgan fingerprint density at radius 3 is 2.15 bits per heavy atom. The number of carboxylic acids is 2. The lowest BCUT2D eigenvalue weighted by molar-refractivity contribution is -0.140. The summed E-state index contributed by atoms with van der Waals surface area (Å²) in [5.41, 5.74) is -0.170. The molecule has 0 aliphatic rings. The standard InChI is InChI=1S/C12H23NO6S/c1-12(2,3)7-8-20(18,19)13-9(11(16)17)5-4-6-10(14)15/h9,13H,4-8H2,1-3H3,(H,14,15)(H,16,17)/t9-/m1/s1. The van der Waals surface area contributed by atoms with E-state index in [0.29, 0.717) is 6.42 Å². The van der Waals surface area contributed by atoms with Crippen molar-refractivity contribution in [2.75, 3.05) is 5.75 Å². The van der Waals surface area contributed by atoms with E-state index in [2.05, 4.69) is 4.72 Å². The van der Waals surface area contributed by atoms with Crippen molar-refractivity contribution in [2.45, 2.75) is 52.5 Å². The fraction of sp³-hybridized carbons (Fsp3) is 0.833. The van der Waals surface area contributed by atoms with Crippen LogP contribution in [0.5, 0.6) is 0 Å². The van der Waals surface area contributed by atoms with Gasteiger partial charge < -0.3 is 10.2 Å². The molecule has 0 aliphatic carbocycles. The molecule has 0 heterocycles.